The molecule has 0 saturated heterocycles. The van der Waals surface area contributed by atoms with E-state index in [2.05, 4.69) is 0 Å². The first-order valence-electron chi connectivity index (χ1n) is 7.60. The van der Waals surface area contributed by atoms with Crippen LogP contribution in [0.25, 0.3) is 10.8 Å². The second-order valence-electron chi connectivity index (χ2n) is 5.43. The number of esters is 1. The number of rotatable bonds is 5. The Morgan fingerprint density at radius 2 is 1.92 bits per heavy atom. The maximum atomic E-state index is 12.0. The lowest BCUT2D eigenvalue weighted by Gasteiger charge is -2.07. The number of ether oxygens (including phenoxy) is 2. The molecule has 1 heterocycles. The van der Waals surface area contributed by atoms with Crippen molar-refractivity contribution in [1.82, 2.24) is 0 Å². The molecular formula is C19H16O6. The van der Waals surface area contributed by atoms with Crippen molar-refractivity contribution in [2.75, 3.05) is 7.11 Å². The van der Waals surface area contributed by atoms with E-state index >= 15 is 0 Å². The van der Waals surface area contributed by atoms with Gasteiger partial charge in [0.05, 0.1) is 13.5 Å². The Hall–Kier alpha value is -3.28. The summed E-state index contributed by atoms with van der Waals surface area (Å²) in [6.07, 6.45) is 0.132. The van der Waals surface area contributed by atoms with Crippen molar-refractivity contribution in [3.8, 4) is 11.5 Å². The number of carbonyl (C=O) groups is 1. The molecule has 0 atom stereocenters. The maximum absolute atomic E-state index is 12.0. The van der Waals surface area contributed by atoms with Gasteiger partial charge < -0.3 is 19.0 Å². The Morgan fingerprint density at radius 1 is 1.16 bits per heavy atom. The van der Waals surface area contributed by atoms with Gasteiger partial charge in [0.1, 0.15) is 29.3 Å². The lowest BCUT2D eigenvalue weighted by Crippen LogP contribution is -2.10. The van der Waals surface area contributed by atoms with Gasteiger partial charge in [0.15, 0.2) is 0 Å². The number of phenols is 1. The van der Waals surface area contributed by atoms with Crippen molar-refractivity contribution in [3.05, 3.63) is 70.3 Å². The quantitative estimate of drug-likeness (QED) is 0.719. The first-order valence-corrected chi connectivity index (χ1v) is 7.60. The molecule has 0 saturated carbocycles. The zero-order chi connectivity index (χ0) is 17.8. The second-order valence-corrected chi connectivity index (χ2v) is 5.43. The molecule has 0 unspecified atom stereocenters. The molecule has 25 heavy (non-hydrogen) atoms. The summed E-state index contributed by atoms with van der Waals surface area (Å²) in [6, 6.07) is 13.7. The van der Waals surface area contributed by atoms with Gasteiger partial charge in [-0.1, -0.05) is 30.3 Å². The Balaban J connectivity index is 1.77. The van der Waals surface area contributed by atoms with Crippen LogP contribution in [0.4, 0.5) is 0 Å². The first kappa shape index (κ1) is 16.6. The predicted molar refractivity (Wildman–Crippen MR) is 90.6 cm³/mol. The maximum Gasteiger partial charge on any atom is 0.347 e. The van der Waals surface area contributed by atoms with Gasteiger partial charge in [-0.25, -0.2) is 4.79 Å². The van der Waals surface area contributed by atoms with Crippen LogP contribution in [0.3, 0.4) is 0 Å². The topological polar surface area (TPSA) is 86.0 Å². The van der Waals surface area contributed by atoms with E-state index in [0.29, 0.717) is 11.1 Å². The van der Waals surface area contributed by atoms with E-state index in [0.717, 1.165) is 5.56 Å². The van der Waals surface area contributed by atoms with Gasteiger partial charge in [-0.2, -0.15) is 0 Å². The van der Waals surface area contributed by atoms with Gasteiger partial charge >= 0.3 is 11.6 Å². The Morgan fingerprint density at radius 3 is 2.64 bits per heavy atom. The third-order valence-corrected chi connectivity index (χ3v) is 3.67. The number of phenolic OH excluding ortho intramolecular Hbond substituents is 1. The standard InChI is InChI=1S/C19H16O6/c1-23-14-8-13-9-15(25-19(22)18(13)16(20)10-14)11-24-17(21)7-12-5-3-2-4-6-12/h2-6,8-10,20H,7,11H2,1H3. The van der Waals surface area contributed by atoms with Crippen LogP contribution in [0.15, 0.2) is 57.7 Å². The minimum Gasteiger partial charge on any atom is -0.507 e. The van der Waals surface area contributed by atoms with Crippen LogP contribution in [0, 0.1) is 0 Å². The van der Waals surface area contributed by atoms with E-state index in [4.69, 9.17) is 13.9 Å². The van der Waals surface area contributed by atoms with E-state index in [1.807, 2.05) is 30.3 Å². The minimum atomic E-state index is -0.702. The summed E-state index contributed by atoms with van der Waals surface area (Å²) in [5.74, 6) is -0.0626. The van der Waals surface area contributed by atoms with Crippen LogP contribution in [-0.4, -0.2) is 18.2 Å². The normalized spacial score (nSPS) is 10.6. The highest BCUT2D eigenvalue weighted by atomic mass is 16.5. The molecule has 0 amide bonds. The molecular weight excluding hydrogens is 324 g/mol. The number of fused-ring (bicyclic) bond motifs is 1. The molecule has 1 aromatic heterocycles. The Bertz CT molecular complexity index is 959. The number of carbonyl (C=O) groups excluding carboxylic acids is 1. The monoisotopic (exact) mass is 340 g/mol. The highest BCUT2D eigenvalue weighted by Crippen LogP contribution is 2.28. The number of benzene rings is 2. The molecule has 0 radical (unpaired) electrons. The SMILES string of the molecule is COc1cc(O)c2c(=O)oc(COC(=O)Cc3ccccc3)cc2c1. The summed E-state index contributed by atoms with van der Waals surface area (Å²) in [4.78, 5) is 23.9. The minimum absolute atomic E-state index is 0.0557. The molecule has 3 rings (SSSR count). The number of hydrogen-bond acceptors (Lipinski definition) is 6. The average Bonchev–Trinajstić information content (AvgIpc) is 2.60. The molecule has 0 aliphatic heterocycles. The van der Waals surface area contributed by atoms with Gasteiger partial charge in [-0.05, 0) is 23.1 Å². The number of hydrogen-bond donors (Lipinski definition) is 1. The largest absolute Gasteiger partial charge is 0.507 e. The fourth-order valence-corrected chi connectivity index (χ4v) is 2.49. The van der Waals surface area contributed by atoms with E-state index < -0.39 is 11.6 Å². The lowest BCUT2D eigenvalue weighted by molar-refractivity contribution is -0.144. The summed E-state index contributed by atoms with van der Waals surface area (Å²) < 4.78 is 15.3. The number of methoxy groups -OCH3 is 1. The van der Waals surface area contributed by atoms with Crippen molar-refractivity contribution >= 4 is 16.7 Å². The summed E-state index contributed by atoms with van der Waals surface area (Å²) in [7, 11) is 1.46. The highest BCUT2D eigenvalue weighted by Gasteiger charge is 2.13. The Labute approximate surface area is 143 Å². The molecule has 0 spiro atoms. The fraction of sp³-hybridized carbons (Fsp3) is 0.158. The van der Waals surface area contributed by atoms with Crippen LogP contribution in [0.1, 0.15) is 11.3 Å². The fourth-order valence-electron chi connectivity index (χ4n) is 2.49. The zero-order valence-electron chi connectivity index (χ0n) is 13.5. The van der Waals surface area contributed by atoms with Gasteiger partial charge in [-0.15, -0.1) is 0 Å². The van der Waals surface area contributed by atoms with E-state index in [9.17, 15) is 14.7 Å². The van der Waals surface area contributed by atoms with Crippen LogP contribution < -0.4 is 10.4 Å². The van der Waals surface area contributed by atoms with Gasteiger partial charge in [-0.3, -0.25) is 4.79 Å². The summed E-state index contributed by atoms with van der Waals surface area (Å²) in [5, 5.41) is 10.4. The van der Waals surface area contributed by atoms with Crippen LogP contribution in [0.2, 0.25) is 0 Å². The van der Waals surface area contributed by atoms with Gasteiger partial charge in [0, 0.05) is 6.07 Å². The lowest BCUT2D eigenvalue weighted by atomic mass is 10.1. The van der Waals surface area contributed by atoms with Crippen LogP contribution in [0.5, 0.6) is 11.5 Å². The molecule has 0 bridgehead atoms. The zero-order valence-corrected chi connectivity index (χ0v) is 13.5. The Kier molecular flexibility index (Phi) is 4.70. The summed E-state index contributed by atoms with van der Waals surface area (Å²) in [5.41, 5.74) is 0.133. The third kappa shape index (κ3) is 3.80. The predicted octanol–water partition coefficient (Wildman–Crippen LogP) is 2.79. The molecule has 0 aliphatic rings. The molecule has 1 N–H and O–H groups in total. The summed E-state index contributed by atoms with van der Waals surface area (Å²) in [6.45, 7) is -0.172. The van der Waals surface area contributed by atoms with Crippen molar-refractivity contribution in [1.29, 1.82) is 0 Å². The van der Waals surface area contributed by atoms with Gasteiger partial charge in [0.2, 0.25) is 0 Å². The van der Waals surface area contributed by atoms with E-state index in [1.54, 1.807) is 6.07 Å². The molecule has 2 aromatic carbocycles. The van der Waals surface area contributed by atoms with Gasteiger partial charge in [0.25, 0.3) is 0 Å². The smallest absolute Gasteiger partial charge is 0.347 e. The van der Waals surface area contributed by atoms with Crippen molar-refractivity contribution in [2.24, 2.45) is 0 Å². The van der Waals surface area contributed by atoms with E-state index in [-0.39, 0.29) is 29.9 Å². The first-order chi connectivity index (χ1) is 12.1. The summed E-state index contributed by atoms with van der Waals surface area (Å²) >= 11 is 0. The molecule has 6 heteroatoms. The van der Waals surface area contributed by atoms with Crippen LogP contribution in [-0.2, 0) is 22.6 Å². The molecule has 0 aliphatic carbocycles. The molecule has 3 aromatic rings. The highest BCUT2D eigenvalue weighted by molar-refractivity contribution is 5.88. The van der Waals surface area contributed by atoms with Crippen molar-refractivity contribution in [3.63, 3.8) is 0 Å². The van der Waals surface area contributed by atoms with Crippen LogP contribution >= 0.6 is 0 Å². The van der Waals surface area contributed by atoms with Crippen molar-refractivity contribution in [2.45, 2.75) is 13.0 Å². The second kappa shape index (κ2) is 7.09. The van der Waals surface area contributed by atoms with E-state index in [1.165, 1.54) is 19.2 Å². The third-order valence-electron chi connectivity index (χ3n) is 3.67. The molecule has 128 valence electrons. The molecule has 6 nitrogen and oxygen atoms in total. The number of aromatic hydroxyl groups is 1. The molecule has 0 fully saturated rings. The average molecular weight is 340 g/mol. The van der Waals surface area contributed by atoms with Crippen molar-refractivity contribution < 1.29 is 23.8 Å².